The van der Waals surface area contributed by atoms with Gasteiger partial charge >= 0.3 is 7.05 Å². The van der Waals surface area contributed by atoms with Gasteiger partial charge in [-0.05, 0) is 54.7 Å². The highest BCUT2D eigenvalue weighted by Gasteiger charge is 2.34. The summed E-state index contributed by atoms with van der Waals surface area (Å²) >= 11 is 6.30. The van der Waals surface area contributed by atoms with Crippen LogP contribution in [0.15, 0.2) is 36.5 Å². The predicted molar refractivity (Wildman–Crippen MR) is 113 cm³/mol. The first kappa shape index (κ1) is 19.3. The zero-order valence-electron chi connectivity index (χ0n) is 16.1. The third-order valence-electron chi connectivity index (χ3n) is 5.65. The van der Waals surface area contributed by atoms with E-state index in [4.69, 9.17) is 16.6 Å². The van der Waals surface area contributed by atoms with E-state index in [0.29, 0.717) is 10.6 Å². The first-order valence-electron chi connectivity index (χ1n) is 9.59. The van der Waals surface area contributed by atoms with E-state index in [-0.39, 0.29) is 11.8 Å². The third-order valence-corrected chi connectivity index (χ3v) is 5.89. The molecule has 1 fully saturated rings. The van der Waals surface area contributed by atoms with Crippen molar-refractivity contribution in [3.05, 3.63) is 63.9 Å². The summed E-state index contributed by atoms with van der Waals surface area (Å²) in [4.78, 5) is 21.6. The van der Waals surface area contributed by atoms with E-state index in [9.17, 15) is 9.82 Å². The molecule has 2 aliphatic rings. The number of aromatic nitrogens is 1. The monoisotopic (exact) mass is 395 g/mol. The molecule has 1 unspecified atom stereocenters. The van der Waals surface area contributed by atoms with Gasteiger partial charge in [0.15, 0.2) is 5.78 Å². The summed E-state index contributed by atoms with van der Waals surface area (Å²) in [5, 5.41) is 10.5. The number of halogens is 1. The second kappa shape index (κ2) is 7.80. The third kappa shape index (κ3) is 3.53. The minimum Gasteiger partial charge on any atom is -0.437 e. The summed E-state index contributed by atoms with van der Waals surface area (Å²) in [6.07, 6.45) is 3.74. The van der Waals surface area contributed by atoms with Crippen LogP contribution in [0.2, 0.25) is 11.8 Å². The standard InChI is InChI=1S/C21H23BClN3O2/c1-14(27)18-12-15-4-3-7-24-20(15)21(17-6-5-16(23)13-19(17)18)25-8-10-26(11-9-25)22(2)28/h3-7,12-13,21,28H,8-11H2,1-2H3. The molecule has 1 aliphatic heterocycles. The van der Waals surface area contributed by atoms with Crippen LogP contribution in [0.5, 0.6) is 0 Å². The average Bonchev–Trinajstić information content (AvgIpc) is 2.82. The molecule has 144 valence electrons. The second-order valence-electron chi connectivity index (χ2n) is 7.43. The fraction of sp³-hybridized carbons (Fsp3) is 0.333. The number of carbonyl (C=O) groups is 1. The van der Waals surface area contributed by atoms with Gasteiger partial charge in [-0.15, -0.1) is 0 Å². The van der Waals surface area contributed by atoms with E-state index in [1.54, 1.807) is 19.9 Å². The van der Waals surface area contributed by atoms with Gasteiger partial charge in [0.05, 0.1) is 11.7 Å². The van der Waals surface area contributed by atoms with Gasteiger partial charge in [-0.3, -0.25) is 14.7 Å². The molecule has 1 saturated heterocycles. The number of allylic oxidation sites excluding steroid dienone is 1. The summed E-state index contributed by atoms with van der Waals surface area (Å²) < 4.78 is 0. The van der Waals surface area contributed by atoms with Gasteiger partial charge in [-0.25, -0.2) is 0 Å². The smallest absolute Gasteiger partial charge is 0.376 e. The molecule has 1 N–H and O–H groups in total. The molecular weight excluding hydrogens is 373 g/mol. The molecule has 2 heterocycles. The van der Waals surface area contributed by atoms with Gasteiger partial charge in [0, 0.05) is 43.0 Å². The van der Waals surface area contributed by atoms with Gasteiger partial charge in [0.1, 0.15) is 0 Å². The Labute approximate surface area is 170 Å². The molecule has 2 aromatic rings. The quantitative estimate of drug-likeness (QED) is 0.810. The van der Waals surface area contributed by atoms with Gasteiger partial charge < -0.3 is 9.83 Å². The van der Waals surface area contributed by atoms with Crippen molar-refractivity contribution in [1.29, 1.82) is 0 Å². The van der Waals surface area contributed by atoms with Crippen LogP contribution in [0, 0.1) is 0 Å². The van der Waals surface area contributed by atoms with Crippen LogP contribution in [0.25, 0.3) is 11.6 Å². The molecule has 28 heavy (non-hydrogen) atoms. The highest BCUT2D eigenvalue weighted by atomic mass is 35.5. The maximum atomic E-state index is 12.5. The number of Topliss-reactive ketones (excluding diaryl/α,β-unsaturated/α-hetero) is 1. The van der Waals surface area contributed by atoms with Crippen LogP contribution in [0.4, 0.5) is 0 Å². The van der Waals surface area contributed by atoms with Gasteiger partial charge in [-0.1, -0.05) is 23.7 Å². The SMILES string of the molecule is CB(O)N1CCN(C2c3ccc(Cl)cc3C(C(C)=O)=Cc3cccnc32)CC1. The molecule has 0 amide bonds. The fourth-order valence-electron chi connectivity index (χ4n) is 4.19. The summed E-state index contributed by atoms with van der Waals surface area (Å²) in [5.74, 6) is 0.0119. The number of hydrogen-bond acceptors (Lipinski definition) is 5. The van der Waals surface area contributed by atoms with E-state index in [1.807, 2.05) is 36.4 Å². The Kier molecular flexibility index (Phi) is 5.38. The number of ketones is 1. The summed E-state index contributed by atoms with van der Waals surface area (Å²) in [6, 6.07) is 9.63. The van der Waals surface area contributed by atoms with E-state index >= 15 is 0 Å². The lowest BCUT2D eigenvalue weighted by Gasteiger charge is -2.40. The Hall–Kier alpha value is -1.99. The average molecular weight is 396 g/mol. The number of pyridine rings is 1. The first-order chi connectivity index (χ1) is 13.5. The van der Waals surface area contributed by atoms with Crippen molar-refractivity contribution in [3.63, 3.8) is 0 Å². The van der Waals surface area contributed by atoms with Crippen LogP contribution < -0.4 is 0 Å². The van der Waals surface area contributed by atoms with E-state index in [2.05, 4.69) is 9.71 Å². The Bertz CT molecular complexity index is 939. The summed E-state index contributed by atoms with van der Waals surface area (Å²) in [5.41, 5.74) is 4.50. The number of piperazine rings is 1. The molecule has 0 saturated carbocycles. The first-order valence-corrected chi connectivity index (χ1v) is 9.97. The zero-order valence-corrected chi connectivity index (χ0v) is 16.9. The van der Waals surface area contributed by atoms with E-state index < -0.39 is 7.05 Å². The normalized spacial score (nSPS) is 20.0. The molecular formula is C21H23BClN3O2. The van der Waals surface area contributed by atoms with E-state index in [0.717, 1.165) is 48.6 Å². The number of carbonyl (C=O) groups excluding carboxylic acids is 1. The number of hydrogen-bond donors (Lipinski definition) is 1. The zero-order chi connectivity index (χ0) is 19.8. The highest BCUT2D eigenvalue weighted by molar-refractivity contribution is 6.45. The molecule has 0 bridgehead atoms. The molecule has 1 aromatic carbocycles. The minimum absolute atomic E-state index is 0.0119. The van der Waals surface area contributed by atoms with E-state index in [1.165, 1.54) is 0 Å². The molecule has 0 spiro atoms. The van der Waals surface area contributed by atoms with Crippen molar-refractivity contribution in [2.75, 3.05) is 26.2 Å². The molecule has 4 rings (SSSR count). The number of rotatable bonds is 3. The molecule has 5 nitrogen and oxygen atoms in total. The minimum atomic E-state index is -0.446. The molecule has 0 radical (unpaired) electrons. The van der Waals surface area contributed by atoms with Gasteiger partial charge in [-0.2, -0.15) is 0 Å². The van der Waals surface area contributed by atoms with Crippen molar-refractivity contribution in [1.82, 2.24) is 14.7 Å². The molecule has 1 aliphatic carbocycles. The molecule has 1 aromatic heterocycles. The topological polar surface area (TPSA) is 56.7 Å². The molecule has 1 atom stereocenters. The van der Waals surface area contributed by atoms with Crippen molar-refractivity contribution in [3.8, 4) is 0 Å². The largest absolute Gasteiger partial charge is 0.437 e. The Balaban J connectivity index is 1.84. The van der Waals surface area contributed by atoms with Crippen molar-refractivity contribution >= 4 is 36.1 Å². The lowest BCUT2D eigenvalue weighted by atomic mass is 9.84. The maximum Gasteiger partial charge on any atom is 0.376 e. The fourth-order valence-corrected chi connectivity index (χ4v) is 4.36. The van der Waals surface area contributed by atoms with Crippen LogP contribution in [-0.2, 0) is 4.79 Å². The predicted octanol–water partition coefficient (Wildman–Crippen LogP) is 3.00. The Morgan fingerprint density at radius 3 is 2.68 bits per heavy atom. The van der Waals surface area contributed by atoms with Crippen molar-refractivity contribution in [2.24, 2.45) is 0 Å². The van der Waals surface area contributed by atoms with Crippen LogP contribution in [-0.4, -0.2) is 58.7 Å². The van der Waals surface area contributed by atoms with Crippen LogP contribution >= 0.6 is 11.6 Å². The van der Waals surface area contributed by atoms with Crippen LogP contribution in [0.3, 0.4) is 0 Å². The van der Waals surface area contributed by atoms with Crippen LogP contribution in [0.1, 0.15) is 35.3 Å². The second-order valence-corrected chi connectivity index (χ2v) is 7.87. The highest BCUT2D eigenvalue weighted by Crippen LogP contribution is 2.40. The summed E-state index contributed by atoms with van der Waals surface area (Å²) in [7, 11) is -0.446. The van der Waals surface area contributed by atoms with Crippen molar-refractivity contribution < 1.29 is 9.82 Å². The number of nitrogens with zero attached hydrogens (tertiary/aromatic N) is 3. The number of fused-ring (bicyclic) bond motifs is 2. The van der Waals surface area contributed by atoms with Gasteiger partial charge in [0.2, 0.25) is 0 Å². The lowest BCUT2D eigenvalue weighted by molar-refractivity contribution is -0.111. The Morgan fingerprint density at radius 1 is 1.25 bits per heavy atom. The van der Waals surface area contributed by atoms with Crippen molar-refractivity contribution in [2.45, 2.75) is 19.8 Å². The van der Waals surface area contributed by atoms with Gasteiger partial charge in [0.25, 0.3) is 0 Å². The molecule has 7 heteroatoms. The maximum absolute atomic E-state index is 12.5. The number of benzene rings is 1. The Morgan fingerprint density at radius 2 is 2.00 bits per heavy atom. The lowest BCUT2D eigenvalue weighted by Crippen LogP contribution is -2.52. The summed E-state index contributed by atoms with van der Waals surface area (Å²) in [6.45, 7) is 6.58.